The summed E-state index contributed by atoms with van der Waals surface area (Å²) >= 11 is 0. The number of hydrogen-bond donors (Lipinski definition) is 3. The second-order valence-corrected chi connectivity index (χ2v) is 9.86. The third-order valence-electron chi connectivity index (χ3n) is 6.57. The van der Waals surface area contributed by atoms with Gasteiger partial charge in [0.25, 0.3) is 5.91 Å². The van der Waals surface area contributed by atoms with Crippen LogP contribution < -0.4 is 19.5 Å². The Labute approximate surface area is 249 Å². The number of benzene rings is 4. The first-order valence-electron chi connectivity index (χ1n) is 13.9. The lowest BCUT2D eigenvalue weighted by molar-refractivity contribution is 0.0686. The van der Waals surface area contributed by atoms with Gasteiger partial charge in [-0.3, -0.25) is 4.79 Å². The highest BCUT2D eigenvalue weighted by atomic mass is 16.5. The van der Waals surface area contributed by atoms with E-state index in [1.807, 2.05) is 61.5 Å². The summed E-state index contributed by atoms with van der Waals surface area (Å²) in [6.45, 7) is 3.35. The van der Waals surface area contributed by atoms with Crippen molar-refractivity contribution in [2.24, 2.45) is 0 Å². The molecule has 0 spiro atoms. The predicted octanol–water partition coefficient (Wildman–Crippen LogP) is 6.76. The van der Waals surface area contributed by atoms with Crippen LogP contribution in [0.15, 0.2) is 97.1 Å². The molecule has 1 amide bonds. The summed E-state index contributed by atoms with van der Waals surface area (Å²) in [5.41, 5.74) is 1.17. The van der Waals surface area contributed by atoms with Crippen LogP contribution in [-0.2, 0) is 0 Å². The van der Waals surface area contributed by atoms with Gasteiger partial charge >= 0.3 is 11.9 Å². The number of anilines is 1. The summed E-state index contributed by atoms with van der Waals surface area (Å²) in [5, 5.41) is 21.3. The van der Waals surface area contributed by atoms with Gasteiger partial charge in [0.15, 0.2) is 0 Å². The van der Waals surface area contributed by atoms with Crippen LogP contribution >= 0.6 is 0 Å². The molecule has 0 saturated heterocycles. The molecule has 0 heterocycles. The molecule has 0 saturated carbocycles. The third kappa shape index (κ3) is 9.09. The van der Waals surface area contributed by atoms with Crippen molar-refractivity contribution in [2.75, 3.05) is 25.1 Å². The Morgan fingerprint density at radius 3 is 2.07 bits per heavy atom. The number of amides is 1. The summed E-state index contributed by atoms with van der Waals surface area (Å²) in [6, 6.07) is 27.2. The molecule has 0 fully saturated rings. The van der Waals surface area contributed by atoms with Crippen molar-refractivity contribution >= 4 is 23.5 Å². The molecule has 1 unspecified atom stereocenters. The minimum atomic E-state index is -1.19. The highest BCUT2D eigenvalue weighted by Crippen LogP contribution is 2.26. The van der Waals surface area contributed by atoms with Crippen molar-refractivity contribution in [2.45, 2.75) is 25.7 Å². The van der Waals surface area contributed by atoms with Gasteiger partial charge in [-0.25, -0.2) is 9.59 Å². The second kappa shape index (κ2) is 15.1. The van der Waals surface area contributed by atoms with Crippen LogP contribution in [-0.4, -0.2) is 47.9 Å². The molecule has 0 aliphatic rings. The molecule has 0 aromatic heterocycles. The molecular weight excluding hydrogens is 550 g/mol. The average Bonchev–Trinajstić information content (AvgIpc) is 3.02. The SMILES string of the molecule is CC(COc1ccc(C(=O)O)cc1C(=O)Nc1cccc(C(=O)O)c1)c1cccc(OCCCCOc2ccccc2)c1. The van der Waals surface area contributed by atoms with Gasteiger partial charge in [-0.05, 0) is 79.1 Å². The molecule has 9 nitrogen and oxygen atoms in total. The number of unbranched alkanes of at least 4 members (excludes halogenated alkanes) is 1. The maximum atomic E-state index is 13.1. The lowest BCUT2D eigenvalue weighted by Gasteiger charge is -2.17. The quantitative estimate of drug-likeness (QED) is 0.131. The number of hydrogen-bond acceptors (Lipinski definition) is 6. The number of carboxylic acid groups (broad SMARTS) is 2. The van der Waals surface area contributed by atoms with E-state index in [0.29, 0.717) is 13.2 Å². The molecule has 9 heteroatoms. The zero-order valence-corrected chi connectivity index (χ0v) is 23.7. The van der Waals surface area contributed by atoms with Gasteiger partial charge in [-0.15, -0.1) is 0 Å². The normalized spacial score (nSPS) is 11.3. The summed E-state index contributed by atoms with van der Waals surface area (Å²) in [7, 11) is 0. The number of carbonyl (C=O) groups is 3. The molecule has 0 radical (unpaired) electrons. The van der Waals surface area contributed by atoms with Crippen molar-refractivity contribution < 1.29 is 38.8 Å². The van der Waals surface area contributed by atoms with Crippen molar-refractivity contribution in [3.8, 4) is 17.2 Å². The monoisotopic (exact) mass is 583 g/mol. The molecule has 0 aliphatic heterocycles. The van der Waals surface area contributed by atoms with Crippen LogP contribution in [0.2, 0.25) is 0 Å². The molecule has 4 aromatic rings. The Hall–Kier alpha value is -5.31. The van der Waals surface area contributed by atoms with Crippen molar-refractivity contribution in [1.29, 1.82) is 0 Å². The Kier molecular flexibility index (Phi) is 10.7. The van der Waals surface area contributed by atoms with Crippen molar-refractivity contribution in [3.05, 3.63) is 119 Å². The molecule has 4 aromatic carbocycles. The van der Waals surface area contributed by atoms with Crippen LogP contribution in [0.4, 0.5) is 5.69 Å². The first-order valence-corrected chi connectivity index (χ1v) is 13.9. The minimum absolute atomic E-state index is 0.00525. The van der Waals surface area contributed by atoms with E-state index in [9.17, 15) is 24.6 Å². The predicted molar refractivity (Wildman–Crippen MR) is 162 cm³/mol. The molecule has 3 N–H and O–H groups in total. The number of ether oxygens (including phenoxy) is 3. The summed E-state index contributed by atoms with van der Waals surface area (Å²) < 4.78 is 17.7. The first kappa shape index (κ1) is 30.6. The van der Waals surface area contributed by atoms with Crippen LogP contribution in [0, 0.1) is 0 Å². The average molecular weight is 584 g/mol. The third-order valence-corrected chi connectivity index (χ3v) is 6.57. The van der Waals surface area contributed by atoms with E-state index < -0.39 is 17.8 Å². The van der Waals surface area contributed by atoms with Crippen molar-refractivity contribution in [1.82, 2.24) is 0 Å². The second-order valence-electron chi connectivity index (χ2n) is 9.86. The smallest absolute Gasteiger partial charge is 0.335 e. The van der Waals surface area contributed by atoms with Gasteiger partial charge in [0, 0.05) is 11.6 Å². The van der Waals surface area contributed by atoms with E-state index in [4.69, 9.17) is 14.2 Å². The molecule has 43 heavy (non-hydrogen) atoms. The molecular formula is C34H33NO8. The minimum Gasteiger partial charge on any atom is -0.494 e. The largest absolute Gasteiger partial charge is 0.494 e. The lowest BCUT2D eigenvalue weighted by Crippen LogP contribution is -2.16. The Bertz CT molecular complexity index is 1550. The van der Waals surface area contributed by atoms with Gasteiger partial charge in [0.1, 0.15) is 17.2 Å². The standard InChI is InChI=1S/C34H33NO8/c1-23(24-9-8-14-29(20-24)42-18-6-5-17-41-28-12-3-2-4-13-28)22-43-31-16-15-26(34(39)40)21-30(31)32(36)35-27-11-7-10-25(19-27)33(37)38/h2-4,7-16,19-21,23H,5-6,17-18,22H2,1H3,(H,35,36)(H,37,38)(H,39,40). The van der Waals surface area contributed by atoms with Gasteiger partial charge in [0.05, 0.1) is 36.5 Å². The van der Waals surface area contributed by atoms with Crippen molar-refractivity contribution in [3.63, 3.8) is 0 Å². The number of nitrogens with one attached hydrogen (secondary N) is 1. The maximum absolute atomic E-state index is 13.1. The number of para-hydroxylation sites is 1. The van der Waals surface area contributed by atoms with Gasteiger partial charge in [-0.1, -0.05) is 43.3 Å². The number of carbonyl (C=O) groups excluding carboxylic acids is 1. The van der Waals surface area contributed by atoms with E-state index in [0.717, 1.165) is 29.9 Å². The Morgan fingerprint density at radius 1 is 0.698 bits per heavy atom. The molecule has 4 rings (SSSR count). The Morgan fingerprint density at radius 2 is 1.35 bits per heavy atom. The zero-order valence-electron chi connectivity index (χ0n) is 23.7. The number of aromatic carboxylic acids is 2. The molecule has 0 bridgehead atoms. The van der Waals surface area contributed by atoms with Crippen LogP contribution in [0.1, 0.15) is 62.3 Å². The van der Waals surface area contributed by atoms with E-state index in [-0.39, 0.29) is 40.7 Å². The summed E-state index contributed by atoms with van der Waals surface area (Å²) in [6.07, 6.45) is 1.70. The zero-order chi connectivity index (χ0) is 30.6. The Balaban J connectivity index is 1.34. The highest BCUT2D eigenvalue weighted by Gasteiger charge is 2.18. The highest BCUT2D eigenvalue weighted by molar-refractivity contribution is 6.08. The molecule has 222 valence electrons. The fourth-order valence-corrected chi connectivity index (χ4v) is 4.22. The fourth-order valence-electron chi connectivity index (χ4n) is 4.22. The van der Waals surface area contributed by atoms with E-state index >= 15 is 0 Å². The van der Waals surface area contributed by atoms with E-state index in [1.54, 1.807) is 6.07 Å². The maximum Gasteiger partial charge on any atom is 0.335 e. The molecule has 0 aliphatic carbocycles. The number of carboxylic acids is 2. The molecule has 1 atom stereocenters. The fraction of sp³-hybridized carbons (Fsp3) is 0.206. The van der Waals surface area contributed by atoms with E-state index in [1.165, 1.54) is 36.4 Å². The van der Waals surface area contributed by atoms with Gasteiger partial charge < -0.3 is 29.7 Å². The van der Waals surface area contributed by atoms with Crippen LogP contribution in [0.3, 0.4) is 0 Å². The number of rotatable bonds is 15. The first-order chi connectivity index (χ1) is 20.8. The van der Waals surface area contributed by atoms with E-state index in [2.05, 4.69) is 5.32 Å². The van der Waals surface area contributed by atoms with Gasteiger partial charge in [0.2, 0.25) is 0 Å². The van der Waals surface area contributed by atoms with Crippen LogP contribution in [0.5, 0.6) is 17.2 Å². The summed E-state index contributed by atoms with van der Waals surface area (Å²) in [4.78, 5) is 36.0. The topological polar surface area (TPSA) is 131 Å². The van der Waals surface area contributed by atoms with Crippen LogP contribution in [0.25, 0.3) is 0 Å². The lowest BCUT2D eigenvalue weighted by atomic mass is 10.0. The summed E-state index contributed by atoms with van der Waals surface area (Å²) in [5.74, 6) is -1.24. The van der Waals surface area contributed by atoms with Gasteiger partial charge in [-0.2, -0.15) is 0 Å².